The van der Waals surface area contributed by atoms with E-state index in [0.717, 1.165) is 11.3 Å². The number of hydrogen-bond donors (Lipinski definition) is 1. The summed E-state index contributed by atoms with van der Waals surface area (Å²) in [5.41, 5.74) is 8.10. The molecule has 6 nitrogen and oxygen atoms in total. The molecule has 27 heavy (non-hydrogen) atoms. The Hall–Kier alpha value is -2.93. The molecule has 0 saturated carbocycles. The average molecular weight is 382 g/mol. The lowest BCUT2D eigenvalue weighted by molar-refractivity contribution is -0.142. The molecular formula is C20H22N4O2S. The molecule has 0 aliphatic rings. The van der Waals surface area contributed by atoms with E-state index < -0.39 is 0 Å². The summed E-state index contributed by atoms with van der Waals surface area (Å²) in [6, 6.07) is 12.4. The summed E-state index contributed by atoms with van der Waals surface area (Å²) in [5.74, 6) is -0.272. The second kappa shape index (κ2) is 8.64. The van der Waals surface area contributed by atoms with E-state index in [4.69, 9.17) is 4.74 Å². The van der Waals surface area contributed by atoms with Crippen LogP contribution in [0.5, 0.6) is 0 Å². The summed E-state index contributed by atoms with van der Waals surface area (Å²) in [6.07, 6.45) is 1.92. The number of anilines is 1. The highest BCUT2D eigenvalue weighted by Gasteiger charge is 2.08. The largest absolute Gasteiger partial charge is 0.466 e. The van der Waals surface area contributed by atoms with Gasteiger partial charge in [-0.1, -0.05) is 12.1 Å². The Morgan fingerprint density at radius 1 is 1.22 bits per heavy atom. The number of rotatable bonds is 7. The molecule has 1 N–H and O–H groups in total. The summed E-state index contributed by atoms with van der Waals surface area (Å²) in [5, 5.41) is 6.68. The third kappa shape index (κ3) is 4.83. The molecule has 3 aromatic rings. The van der Waals surface area contributed by atoms with E-state index >= 15 is 0 Å². The smallest absolute Gasteiger partial charge is 0.311 e. The SMILES string of the molecule is CCOC(=O)Cc1csc(NN=Cc2ccc(-n3c(C)ccc3C)cc2)n1. The van der Waals surface area contributed by atoms with Crippen LogP contribution in [0.1, 0.15) is 29.6 Å². The zero-order valence-corrected chi connectivity index (χ0v) is 16.4. The van der Waals surface area contributed by atoms with Crippen LogP contribution >= 0.6 is 11.3 Å². The molecule has 7 heteroatoms. The van der Waals surface area contributed by atoms with E-state index in [2.05, 4.69) is 58.2 Å². The van der Waals surface area contributed by atoms with Gasteiger partial charge in [0.25, 0.3) is 0 Å². The first-order valence-electron chi connectivity index (χ1n) is 8.71. The molecule has 0 atom stereocenters. The maximum atomic E-state index is 11.5. The third-order valence-corrected chi connectivity index (χ3v) is 4.77. The Morgan fingerprint density at radius 3 is 2.59 bits per heavy atom. The van der Waals surface area contributed by atoms with Crippen molar-refractivity contribution in [3.8, 4) is 5.69 Å². The van der Waals surface area contributed by atoms with Gasteiger partial charge >= 0.3 is 5.97 Å². The Bertz CT molecular complexity index is 922. The van der Waals surface area contributed by atoms with Crippen LogP contribution in [0.3, 0.4) is 0 Å². The number of carbonyl (C=O) groups is 1. The monoisotopic (exact) mass is 382 g/mol. The fourth-order valence-electron chi connectivity index (χ4n) is 2.75. The maximum absolute atomic E-state index is 11.5. The van der Waals surface area contributed by atoms with Crippen molar-refractivity contribution in [3.63, 3.8) is 0 Å². The van der Waals surface area contributed by atoms with Crippen LogP contribution in [0.2, 0.25) is 0 Å². The molecule has 0 aliphatic carbocycles. The van der Waals surface area contributed by atoms with Crippen molar-refractivity contribution in [2.75, 3.05) is 12.0 Å². The molecule has 0 amide bonds. The highest BCUT2D eigenvalue weighted by atomic mass is 32.1. The molecule has 2 aromatic heterocycles. The van der Waals surface area contributed by atoms with E-state index in [1.165, 1.54) is 22.7 Å². The fraction of sp³-hybridized carbons (Fsp3) is 0.250. The molecular weight excluding hydrogens is 360 g/mol. The Balaban J connectivity index is 1.59. The van der Waals surface area contributed by atoms with Crippen LogP contribution in [-0.4, -0.2) is 28.3 Å². The topological polar surface area (TPSA) is 68.5 Å². The Labute approximate surface area is 162 Å². The first-order chi connectivity index (χ1) is 13.1. The number of nitrogens with zero attached hydrogens (tertiary/aromatic N) is 3. The number of aryl methyl sites for hydroxylation is 2. The quantitative estimate of drug-likeness (QED) is 0.379. The zero-order valence-electron chi connectivity index (χ0n) is 15.6. The van der Waals surface area contributed by atoms with E-state index in [0.29, 0.717) is 17.4 Å². The van der Waals surface area contributed by atoms with Crippen LogP contribution in [-0.2, 0) is 16.0 Å². The lowest BCUT2D eigenvalue weighted by Gasteiger charge is -2.09. The van der Waals surface area contributed by atoms with Crippen molar-refractivity contribution < 1.29 is 9.53 Å². The van der Waals surface area contributed by atoms with Gasteiger partial charge in [-0.2, -0.15) is 5.10 Å². The summed E-state index contributed by atoms with van der Waals surface area (Å²) in [7, 11) is 0. The molecule has 140 valence electrons. The van der Waals surface area contributed by atoms with Crippen molar-refractivity contribution in [2.24, 2.45) is 5.10 Å². The number of aromatic nitrogens is 2. The molecule has 0 aliphatic heterocycles. The van der Waals surface area contributed by atoms with Crippen LogP contribution in [0.15, 0.2) is 46.9 Å². The van der Waals surface area contributed by atoms with Crippen molar-refractivity contribution in [1.29, 1.82) is 0 Å². The lowest BCUT2D eigenvalue weighted by atomic mass is 10.2. The molecule has 3 rings (SSSR count). The standard InChI is InChI=1S/C20H22N4O2S/c1-4-26-19(25)11-17-13-27-20(22-17)23-21-12-16-7-9-18(10-8-16)24-14(2)5-6-15(24)3/h5-10,12-13H,4,11H2,1-3H3,(H,22,23). The van der Waals surface area contributed by atoms with E-state index in [-0.39, 0.29) is 12.4 Å². The second-order valence-electron chi connectivity index (χ2n) is 6.04. The number of ether oxygens (including phenoxy) is 1. The number of nitrogens with one attached hydrogen (secondary N) is 1. The van der Waals surface area contributed by atoms with Gasteiger partial charge in [-0.25, -0.2) is 4.98 Å². The number of hydrogen-bond acceptors (Lipinski definition) is 6. The summed E-state index contributed by atoms with van der Waals surface area (Å²) in [6.45, 7) is 6.35. The van der Waals surface area contributed by atoms with Gasteiger partial charge in [-0.3, -0.25) is 10.2 Å². The minimum absolute atomic E-state index is 0.176. The second-order valence-corrected chi connectivity index (χ2v) is 6.90. The van der Waals surface area contributed by atoms with Gasteiger partial charge in [0.2, 0.25) is 5.13 Å². The van der Waals surface area contributed by atoms with Gasteiger partial charge in [0.05, 0.1) is 24.9 Å². The van der Waals surface area contributed by atoms with Gasteiger partial charge in [0.15, 0.2) is 0 Å². The molecule has 0 spiro atoms. The number of esters is 1. The van der Waals surface area contributed by atoms with Crippen molar-refractivity contribution in [3.05, 3.63) is 64.4 Å². The van der Waals surface area contributed by atoms with Gasteiger partial charge in [0, 0.05) is 22.5 Å². The predicted molar refractivity (Wildman–Crippen MR) is 109 cm³/mol. The van der Waals surface area contributed by atoms with Gasteiger partial charge < -0.3 is 9.30 Å². The van der Waals surface area contributed by atoms with E-state index in [1.807, 2.05) is 17.5 Å². The Kier molecular flexibility index (Phi) is 6.03. The fourth-order valence-corrected chi connectivity index (χ4v) is 3.41. The zero-order chi connectivity index (χ0) is 19.2. The Morgan fingerprint density at radius 2 is 1.93 bits per heavy atom. The molecule has 0 bridgehead atoms. The van der Waals surface area contributed by atoms with Gasteiger partial charge in [0.1, 0.15) is 0 Å². The number of carbonyl (C=O) groups excluding carboxylic acids is 1. The van der Waals surface area contributed by atoms with Crippen LogP contribution in [0, 0.1) is 13.8 Å². The highest BCUT2D eigenvalue weighted by Crippen LogP contribution is 2.17. The van der Waals surface area contributed by atoms with Crippen LogP contribution in [0.25, 0.3) is 5.69 Å². The van der Waals surface area contributed by atoms with Gasteiger partial charge in [-0.15, -0.1) is 11.3 Å². The van der Waals surface area contributed by atoms with Crippen molar-refractivity contribution >= 4 is 28.7 Å². The summed E-state index contributed by atoms with van der Waals surface area (Å²) >= 11 is 1.40. The molecule has 2 heterocycles. The number of benzene rings is 1. The number of thiazole rings is 1. The third-order valence-electron chi connectivity index (χ3n) is 3.98. The molecule has 0 unspecified atom stereocenters. The summed E-state index contributed by atoms with van der Waals surface area (Å²) in [4.78, 5) is 15.8. The highest BCUT2D eigenvalue weighted by molar-refractivity contribution is 7.13. The van der Waals surface area contributed by atoms with Crippen LogP contribution in [0.4, 0.5) is 5.13 Å². The molecule has 1 aromatic carbocycles. The molecule has 0 fully saturated rings. The lowest BCUT2D eigenvalue weighted by Crippen LogP contribution is -2.07. The average Bonchev–Trinajstić information content (AvgIpc) is 3.22. The summed E-state index contributed by atoms with van der Waals surface area (Å²) < 4.78 is 7.13. The van der Waals surface area contributed by atoms with Crippen molar-refractivity contribution in [2.45, 2.75) is 27.2 Å². The number of hydrazone groups is 1. The maximum Gasteiger partial charge on any atom is 0.311 e. The van der Waals surface area contributed by atoms with Gasteiger partial charge in [-0.05, 0) is 50.6 Å². The molecule has 0 radical (unpaired) electrons. The predicted octanol–water partition coefficient (Wildman–Crippen LogP) is 4.10. The van der Waals surface area contributed by atoms with E-state index in [9.17, 15) is 4.79 Å². The van der Waals surface area contributed by atoms with Crippen LogP contribution < -0.4 is 5.43 Å². The first-order valence-corrected chi connectivity index (χ1v) is 9.59. The minimum atomic E-state index is -0.272. The van der Waals surface area contributed by atoms with E-state index in [1.54, 1.807) is 13.1 Å². The normalized spacial score (nSPS) is 11.1. The van der Waals surface area contributed by atoms with Crippen molar-refractivity contribution in [1.82, 2.24) is 9.55 Å². The molecule has 0 saturated heterocycles. The first kappa shape index (κ1) is 18.8. The minimum Gasteiger partial charge on any atom is -0.466 e.